The second-order valence-corrected chi connectivity index (χ2v) is 10.8. The van der Waals surface area contributed by atoms with E-state index in [0.29, 0.717) is 23.9 Å². The van der Waals surface area contributed by atoms with Crippen LogP contribution in [-0.4, -0.2) is 29.3 Å². The van der Waals surface area contributed by atoms with Crippen LogP contribution in [0.3, 0.4) is 0 Å². The van der Waals surface area contributed by atoms with Crippen LogP contribution in [0.4, 0.5) is 0 Å². The summed E-state index contributed by atoms with van der Waals surface area (Å²) in [5.74, 6) is 0.375. The van der Waals surface area contributed by atoms with Crippen LogP contribution in [0, 0.1) is 0 Å². The molecule has 0 fully saturated rings. The summed E-state index contributed by atoms with van der Waals surface area (Å²) >= 11 is 0. The summed E-state index contributed by atoms with van der Waals surface area (Å²) in [5, 5.41) is 24.6. The molecule has 0 aromatic heterocycles. The first-order valence-corrected chi connectivity index (χ1v) is 13.0. The summed E-state index contributed by atoms with van der Waals surface area (Å²) in [6.07, 6.45) is 3.60. The zero-order chi connectivity index (χ0) is 26.5. The van der Waals surface area contributed by atoms with E-state index in [1.807, 2.05) is 0 Å². The number of carbonyl (C=O) groups excluding carboxylic acids is 1. The minimum Gasteiger partial charge on any atom is -0.507 e. The molecule has 0 saturated heterocycles. The van der Waals surface area contributed by atoms with Gasteiger partial charge in [-0.3, -0.25) is 4.79 Å². The molecule has 0 aliphatic heterocycles. The maximum Gasteiger partial charge on any atom is 0.255 e. The van der Waals surface area contributed by atoms with Crippen LogP contribution in [0.25, 0.3) is 10.8 Å². The summed E-state index contributed by atoms with van der Waals surface area (Å²) in [4.78, 5) is 12.6. The molecule has 3 rings (SSSR count). The molecule has 3 aromatic carbocycles. The van der Waals surface area contributed by atoms with Crippen molar-refractivity contribution < 1.29 is 19.7 Å². The Kier molecular flexibility index (Phi) is 8.55. The zero-order valence-electron chi connectivity index (χ0n) is 22.6. The zero-order valence-corrected chi connectivity index (χ0v) is 22.6. The normalized spacial score (nSPS) is 12.1. The van der Waals surface area contributed by atoms with Crippen LogP contribution in [-0.2, 0) is 10.8 Å². The lowest BCUT2D eigenvalue weighted by Gasteiger charge is -2.30. The molecule has 0 atom stereocenters. The lowest BCUT2D eigenvalue weighted by Crippen LogP contribution is -2.25. The lowest BCUT2D eigenvalue weighted by molar-refractivity contribution is 0.0949. The molecule has 3 aromatic rings. The van der Waals surface area contributed by atoms with Crippen LogP contribution in [0.2, 0.25) is 0 Å². The smallest absolute Gasteiger partial charge is 0.255 e. The van der Waals surface area contributed by atoms with Crippen molar-refractivity contribution in [2.24, 2.45) is 0 Å². The summed E-state index contributed by atoms with van der Waals surface area (Å²) in [6, 6.07) is 14.8. The van der Waals surface area contributed by atoms with E-state index < -0.39 is 5.91 Å². The Morgan fingerprint density at radius 3 is 2.22 bits per heavy atom. The molecule has 0 bridgehead atoms. The number of hydrogen-bond donors (Lipinski definition) is 3. The van der Waals surface area contributed by atoms with Crippen molar-refractivity contribution in [2.45, 2.75) is 78.1 Å². The number of amides is 1. The topological polar surface area (TPSA) is 78.8 Å². The highest BCUT2D eigenvalue weighted by Crippen LogP contribution is 2.39. The Bertz CT molecular complexity index is 1210. The van der Waals surface area contributed by atoms with Crippen molar-refractivity contribution >= 4 is 16.7 Å². The molecule has 0 spiro atoms. The molecule has 36 heavy (non-hydrogen) atoms. The highest BCUT2D eigenvalue weighted by molar-refractivity contribution is 6.05. The van der Waals surface area contributed by atoms with E-state index in [1.165, 1.54) is 17.2 Å². The van der Waals surface area contributed by atoms with Crippen LogP contribution in [0.5, 0.6) is 17.2 Å². The standard InChI is InChI=1S/C31H41NO4/c1-7-30(3,4)21-15-16-27(25(19-21)31(5,6)8-2)36-18-12-11-17-32-29(35)24-20-26(33)22-13-9-10-14-23(22)28(24)34/h9-10,13-16,19-20,33-34H,7-8,11-12,17-18H2,1-6H3,(H,32,35). The summed E-state index contributed by atoms with van der Waals surface area (Å²) in [6.45, 7) is 14.5. The van der Waals surface area contributed by atoms with Crippen molar-refractivity contribution in [3.05, 3.63) is 65.2 Å². The monoisotopic (exact) mass is 491 g/mol. The Morgan fingerprint density at radius 1 is 0.889 bits per heavy atom. The van der Waals surface area contributed by atoms with E-state index in [9.17, 15) is 15.0 Å². The molecule has 0 unspecified atom stereocenters. The van der Waals surface area contributed by atoms with Crippen molar-refractivity contribution in [3.63, 3.8) is 0 Å². The highest BCUT2D eigenvalue weighted by atomic mass is 16.5. The number of hydrogen-bond acceptors (Lipinski definition) is 4. The summed E-state index contributed by atoms with van der Waals surface area (Å²) in [7, 11) is 0. The highest BCUT2D eigenvalue weighted by Gasteiger charge is 2.26. The Hall–Kier alpha value is -3.21. The molecule has 0 heterocycles. The fourth-order valence-electron chi connectivity index (χ4n) is 4.22. The summed E-state index contributed by atoms with van der Waals surface area (Å²) in [5.41, 5.74) is 2.77. The largest absolute Gasteiger partial charge is 0.507 e. The third-order valence-corrected chi connectivity index (χ3v) is 7.61. The van der Waals surface area contributed by atoms with E-state index in [1.54, 1.807) is 24.3 Å². The van der Waals surface area contributed by atoms with Crippen molar-refractivity contribution in [2.75, 3.05) is 13.2 Å². The average Bonchev–Trinajstić information content (AvgIpc) is 2.88. The predicted molar refractivity (Wildman–Crippen MR) is 147 cm³/mol. The third-order valence-electron chi connectivity index (χ3n) is 7.61. The van der Waals surface area contributed by atoms with Gasteiger partial charge in [0, 0.05) is 22.9 Å². The first-order chi connectivity index (χ1) is 17.0. The van der Waals surface area contributed by atoms with Gasteiger partial charge in [0.1, 0.15) is 17.2 Å². The van der Waals surface area contributed by atoms with E-state index >= 15 is 0 Å². The number of benzene rings is 3. The SMILES string of the molecule is CCC(C)(C)c1ccc(OCCCCNC(=O)c2cc(O)c3ccccc3c2O)c(C(C)(C)CC)c1. The van der Waals surface area contributed by atoms with Crippen LogP contribution in [0.15, 0.2) is 48.5 Å². The van der Waals surface area contributed by atoms with E-state index in [0.717, 1.165) is 31.4 Å². The van der Waals surface area contributed by atoms with Gasteiger partial charge in [0.15, 0.2) is 0 Å². The number of aromatic hydroxyl groups is 2. The molecule has 5 heteroatoms. The van der Waals surface area contributed by atoms with Crippen LogP contribution in [0.1, 0.15) is 88.7 Å². The van der Waals surface area contributed by atoms with Gasteiger partial charge in [-0.05, 0) is 54.2 Å². The van der Waals surface area contributed by atoms with Crippen molar-refractivity contribution in [1.29, 1.82) is 0 Å². The molecule has 0 radical (unpaired) electrons. The number of fused-ring (bicyclic) bond motifs is 1. The number of phenolic OH excluding ortho intramolecular Hbond substituents is 2. The molecule has 3 N–H and O–H groups in total. The second kappa shape index (κ2) is 11.2. The van der Waals surface area contributed by atoms with Gasteiger partial charge >= 0.3 is 0 Å². The van der Waals surface area contributed by atoms with Crippen molar-refractivity contribution in [3.8, 4) is 17.2 Å². The van der Waals surface area contributed by atoms with Gasteiger partial charge in [-0.15, -0.1) is 0 Å². The van der Waals surface area contributed by atoms with Gasteiger partial charge in [0.2, 0.25) is 0 Å². The fourth-order valence-corrected chi connectivity index (χ4v) is 4.22. The van der Waals surface area contributed by atoms with Gasteiger partial charge in [-0.2, -0.15) is 0 Å². The molecule has 1 amide bonds. The van der Waals surface area contributed by atoms with Gasteiger partial charge in [0.25, 0.3) is 5.91 Å². The number of phenols is 2. The van der Waals surface area contributed by atoms with E-state index in [4.69, 9.17) is 4.74 Å². The number of unbranched alkanes of at least 4 members (excludes halogenated alkanes) is 1. The second-order valence-electron chi connectivity index (χ2n) is 10.8. The van der Waals surface area contributed by atoms with Crippen LogP contribution < -0.4 is 10.1 Å². The lowest BCUT2D eigenvalue weighted by atomic mass is 9.76. The van der Waals surface area contributed by atoms with E-state index in [2.05, 4.69) is 65.1 Å². The molecular formula is C31H41NO4. The van der Waals surface area contributed by atoms with Crippen LogP contribution >= 0.6 is 0 Å². The minimum absolute atomic E-state index is 0.0105. The molecule has 5 nitrogen and oxygen atoms in total. The molecule has 194 valence electrons. The quantitative estimate of drug-likeness (QED) is 0.195. The maximum atomic E-state index is 12.6. The Morgan fingerprint density at radius 2 is 1.56 bits per heavy atom. The molecule has 0 aliphatic rings. The number of rotatable bonds is 11. The van der Waals surface area contributed by atoms with Crippen molar-refractivity contribution in [1.82, 2.24) is 5.32 Å². The molecule has 0 aliphatic carbocycles. The third kappa shape index (κ3) is 5.95. The average molecular weight is 492 g/mol. The fraction of sp³-hybridized carbons (Fsp3) is 0.452. The maximum absolute atomic E-state index is 12.6. The van der Waals surface area contributed by atoms with Gasteiger partial charge in [-0.25, -0.2) is 0 Å². The molecular weight excluding hydrogens is 450 g/mol. The Labute approximate surface area is 215 Å². The van der Waals surface area contributed by atoms with Gasteiger partial charge in [0.05, 0.1) is 12.2 Å². The first kappa shape index (κ1) is 27.4. The van der Waals surface area contributed by atoms with Gasteiger partial charge in [-0.1, -0.05) is 77.9 Å². The first-order valence-electron chi connectivity index (χ1n) is 13.0. The number of ether oxygens (including phenoxy) is 1. The Balaban J connectivity index is 1.58. The number of nitrogens with one attached hydrogen (secondary N) is 1. The van der Waals surface area contributed by atoms with Gasteiger partial charge < -0.3 is 20.3 Å². The van der Waals surface area contributed by atoms with E-state index in [-0.39, 0.29) is 27.9 Å². The predicted octanol–water partition coefficient (Wildman–Crippen LogP) is 7.22. The molecule has 0 saturated carbocycles. The summed E-state index contributed by atoms with van der Waals surface area (Å²) < 4.78 is 6.22. The number of carbonyl (C=O) groups is 1. The minimum atomic E-state index is -0.407.